The zero-order valence-corrected chi connectivity index (χ0v) is 16.8. The standard InChI is InChI=1S/C24H29NO3/c1-17-8-6-7-11-20(17)22-16-18(12-14-21(22)24(27)28-2)13-15-23(26)25-19-9-4-3-5-10-19/h6-8,11-12,14,16,19H,3-5,9-10,13,15H2,1-2H3,(H,25,26). The summed E-state index contributed by atoms with van der Waals surface area (Å²) < 4.78 is 4.96. The molecule has 0 aromatic heterocycles. The number of hydrogen-bond acceptors (Lipinski definition) is 3. The largest absolute Gasteiger partial charge is 0.465 e. The van der Waals surface area contributed by atoms with Gasteiger partial charge in [0.2, 0.25) is 5.91 Å². The molecule has 4 heteroatoms. The van der Waals surface area contributed by atoms with Crippen LogP contribution in [0, 0.1) is 6.92 Å². The van der Waals surface area contributed by atoms with Gasteiger partial charge in [0.25, 0.3) is 0 Å². The SMILES string of the molecule is COC(=O)c1ccc(CCC(=O)NC2CCCCC2)cc1-c1ccccc1C. The van der Waals surface area contributed by atoms with Crippen molar-refractivity contribution in [1.82, 2.24) is 5.32 Å². The van der Waals surface area contributed by atoms with Gasteiger partial charge in [0.15, 0.2) is 0 Å². The average molecular weight is 380 g/mol. The molecule has 4 nitrogen and oxygen atoms in total. The van der Waals surface area contributed by atoms with Gasteiger partial charge in [-0.1, -0.05) is 55.7 Å². The van der Waals surface area contributed by atoms with E-state index in [2.05, 4.69) is 5.32 Å². The molecule has 2 aromatic carbocycles. The second-order valence-electron chi connectivity index (χ2n) is 7.59. The van der Waals surface area contributed by atoms with E-state index in [1.165, 1.54) is 26.4 Å². The molecule has 1 saturated carbocycles. The topological polar surface area (TPSA) is 55.4 Å². The Morgan fingerprint density at radius 1 is 1.04 bits per heavy atom. The first-order valence-electron chi connectivity index (χ1n) is 10.1. The predicted octanol–water partition coefficient (Wildman–Crippen LogP) is 4.83. The van der Waals surface area contributed by atoms with Crippen LogP contribution in [-0.4, -0.2) is 25.0 Å². The lowest BCUT2D eigenvalue weighted by molar-refractivity contribution is -0.121. The van der Waals surface area contributed by atoms with Crippen LogP contribution in [0.4, 0.5) is 0 Å². The highest BCUT2D eigenvalue weighted by molar-refractivity contribution is 5.97. The summed E-state index contributed by atoms with van der Waals surface area (Å²) in [4.78, 5) is 24.6. The van der Waals surface area contributed by atoms with Crippen molar-refractivity contribution < 1.29 is 14.3 Å². The fourth-order valence-electron chi connectivity index (χ4n) is 3.94. The van der Waals surface area contributed by atoms with Crippen molar-refractivity contribution in [2.45, 2.75) is 57.9 Å². The molecular weight excluding hydrogens is 350 g/mol. The smallest absolute Gasteiger partial charge is 0.338 e. The Bertz CT molecular complexity index is 837. The lowest BCUT2D eigenvalue weighted by Gasteiger charge is -2.22. The van der Waals surface area contributed by atoms with Crippen LogP contribution in [0.2, 0.25) is 0 Å². The Kier molecular flexibility index (Phi) is 6.85. The maximum absolute atomic E-state index is 12.3. The number of rotatable bonds is 6. The minimum absolute atomic E-state index is 0.112. The van der Waals surface area contributed by atoms with Gasteiger partial charge in [-0.15, -0.1) is 0 Å². The number of methoxy groups -OCH3 is 1. The van der Waals surface area contributed by atoms with Crippen LogP contribution in [0.1, 0.15) is 60.0 Å². The monoisotopic (exact) mass is 379 g/mol. The molecule has 0 heterocycles. The summed E-state index contributed by atoms with van der Waals surface area (Å²) >= 11 is 0. The van der Waals surface area contributed by atoms with E-state index < -0.39 is 0 Å². The Balaban J connectivity index is 1.75. The first-order valence-corrected chi connectivity index (χ1v) is 10.1. The molecule has 0 saturated heterocycles. The van der Waals surface area contributed by atoms with E-state index >= 15 is 0 Å². The van der Waals surface area contributed by atoms with Crippen LogP contribution in [-0.2, 0) is 16.0 Å². The third kappa shape index (κ3) is 5.00. The fourth-order valence-corrected chi connectivity index (χ4v) is 3.94. The zero-order valence-electron chi connectivity index (χ0n) is 16.8. The average Bonchev–Trinajstić information content (AvgIpc) is 2.72. The van der Waals surface area contributed by atoms with Crippen molar-refractivity contribution in [3.05, 3.63) is 59.2 Å². The highest BCUT2D eigenvalue weighted by atomic mass is 16.5. The highest BCUT2D eigenvalue weighted by Gasteiger charge is 2.17. The second kappa shape index (κ2) is 9.54. The van der Waals surface area contributed by atoms with Crippen molar-refractivity contribution in [3.63, 3.8) is 0 Å². The molecule has 0 unspecified atom stereocenters. The van der Waals surface area contributed by atoms with Gasteiger partial charge in [-0.05, 0) is 54.5 Å². The van der Waals surface area contributed by atoms with E-state index in [0.717, 1.165) is 35.1 Å². The van der Waals surface area contributed by atoms with Gasteiger partial charge < -0.3 is 10.1 Å². The predicted molar refractivity (Wildman–Crippen MR) is 111 cm³/mol. The normalized spacial score (nSPS) is 14.5. The molecule has 1 N–H and O–H groups in total. The number of nitrogens with one attached hydrogen (secondary N) is 1. The number of amides is 1. The Morgan fingerprint density at radius 3 is 2.50 bits per heavy atom. The van der Waals surface area contributed by atoms with Crippen LogP contribution in [0.3, 0.4) is 0 Å². The summed E-state index contributed by atoms with van der Waals surface area (Å²) in [5.41, 5.74) is 4.56. The molecule has 148 valence electrons. The quantitative estimate of drug-likeness (QED) is 0.732. The van der Waals surface area contributed by atoms with E-state index in [1.807, 2.05) is 49.4 Å². The molecule has 0 radical (unpaired) electrons. The van der Waals surface area contributed by atoms with Gasteiger partial charge in [-0.25, -0.2) is 4.79 Å². The number of carbonyl (C=O) groups excluding carboxylic acids is 2. The first kappa shape index (κ1) is 20.1. The summed E-state index contributed by atoms with van der Waals surface area (Å²) in [5.74, 6) is -0.235. The van der Waals surface area contributed by atoms with Gasteiger partial charge in [0.1, 0.15) is 0 Å². The molecule has 0 bridgehead atoms. The molecule has 1 fully saturated rings. The lowest BCUT2D eigenvalue weighted by atomic mass is 9.93. The summed E-state index contributed by atoms with van der Waals surface area (Å²) in [6.07, 6.45) is 6.99. The van der Waals surface area contributed by atoms with E-state index in [1.54, 1.807) is 0 Å². The van der Waals surface area contributed by atoms with Gasteiger partial charge in [-0.2, -0.15) is 0 Å². The molecule has 28 heavy (non-hydrogen) atoms. The van der Waals surface area contributed by atoms with Crippen molar-refractivity contribution >= 4 is 11.9 Å². The summed E-state index contributed by atoms with van der Waals surface area (Å²) in [6.45, 7) is 2.03. The minimum atomic E-state index is -0.347. The molecule has 1 aliphatic carbocycles. The van der Waals surface area contributed by atoms with Gasteiger partial charge in [0, 0.05) is 12.5 Å². The number of esters is 1. The van der Waals surface area contributed by atoms with Crippen LogP contribution < -0.4 is 5.32 Å². The van der Waals surface area contributed by atoms with Gasteiger partial charge in [0.05, 0.1) is 12.7 Å². The summed E-state index contributed by atoms with van der Waals surface area (Å²) in [5, 5.41) is 3.17. The number of ether oxygens (including phenoxy) is 1. The van der Waals surface area contributed by atoms with E-state index in [-0.39, 0.29) is 11.9 Å². The van der Waals surface area contributed by atoms with Crippen molar-refractivity contribution in [3.8, 4) is 11.1 Å². The maximum Gasteiger partial charge on any atom is 0.338 e. The van der Waals surface area contributed by atoms with Gasteiger partial charge >= 0.3 is 5.97 Å². The molecule has 0 spiro atoms. The summed E-state index contributed by atoms with van der Waals surface area (Å²) in [6, 6.07) is 14.1. The number of aryl methyl sites for hydroxylation is 2. The maximum atomic E-state index is 12.3. The highest BCUT2D eigenvalue weighted by Crippen LogP contribution is 2.29. The van der Waals surface area contributed by atoms with Crippen LogP contribution >= 0.6 is 0 Å². The number of carbonyl (C=O) groups is 2. The molecule has 0 atom stereocenters. The Hall–Kier alpha value is -2.62. The third-order valence-corrected chi connectivity index (χ3v) is 5.54. The number of hydrogen-bond donors (Lipinski definition) is 1. The van der Waals surface area contributed by atoms with E-state index in [9.17, 15) is 9.59 Å². The van der Waals surface area contributed by atoms with Crippen LogP contribution in [0.25, 0.3) is 11.1 Å². The molecule has 1 aliphatic rings. The van der Waals surface area contributed by atoms with Crippen molar-refractivity contribution in [1.29, 1.82) is 0 Å². The van der Waals surface area contributed by atoms with Gasteiger partial charge in [-0.3, -0.25) is 4.79 Å². The van der Waals surface area contributed by atoms with Crippen LogP contribution in [0.5, 0.6) is 0 Å². The molecule has 2 aromatic rings. The second-order valence-corrected chi connectivity index (χ2v) is 7.59. The fraction of sp³-hybridized carbons (Fsp3) is 0.417. The molecule has 0 aliphatic heterocycles. The van der Waals surface area contributed by atoms with Crippen LogP contribution in [0.15, 0.2) is 42.5 Å². The Morgan fingerprint density at radius 2 is 1.79 bits per heavy atom. The molecule has 3 rings (SSSR count). The Labute approximate surface area is 167 Å². The van der Waals surface area contributed by atoms with Crippen molar-refractivity contribution in [2.24, 2.45) is 0 Å². The molecule has 1 amide bonds. The first-order chi connectivity index (χ1) is 13.6. The lowest BCUT2D eigenvalue weighted by Crippen LogP contribution is -2.36. The zero-order chi connectivity index (χ0) is 19.9. The van der Waals surface area contributed by atoms with E-state index in [4.69, 9.17) is 4.74 Å². The van der Waals surface area contributed by atoms with Crippen molar-refractivity contribution in [2.75, 3.05) is 7.11 Å². The minimum Gasteiger partial charge on any atom is -0.465 e. The molecular formula is C24H29NO3. The summed E-state index contributed by atoms with van der Waals surface area (Å²) in [7, 11) is 1.40. The van der Waals surface area contributed by atoms with E-state index in [0.29, 0.717) is 24.4 Å². The third-order valence-electron chi connectivity index (χ3n) is 5.54. The number of benzene rings is 2.